The summed E-state index contributed by atoms with van der Waals surface area (Å²) in [5, 5.41) is 9.29. The Bertz CT molecular complexity index is 466. The molecular formula is C16H24N2O2. The molecule has 1 fully saturated rings. The maximum atomic E-state index is 11.3. The number of carboxylic acids is 1. The van der Waals surface area contributed by atoms with Crippen molar-refractivity contribution in [1.82, 2.24) is 4.90 Å². The maximum Gasteiger partial charge on any atom is 0.338 e. The van der Waals surface area contributed by atoms with E-state index in [-0.39, 0.29) is 5.56 Å². The second-order valence-electron chi connectivity index (χ2n) is 5.69. The average molecular weight is 276 g/mol. The van der Waals surface area contributed by atoms with Crippen molar-refractivity contribution in [2.24, 2.45) is 5.92 Å². The Morgan fingerprint density at radius 3 is 2.70 bits per heavy atom. The third-order valence-electron chi connectivity index (χ3n) is 4.19. The van der Waals surface area contributed by atoms with Gasteiger partial charge in [0.05, 0.1) is 5.56 Å². The van der Waals surface area contributed by atoms with Crippen molar-refractivity contribution in [3.8, 4) is 0 Å². The zero-order valence-corrected chi connectivity index (χ0v) is 12.1. The highest BCUT2D eigenvalue weighted by Crippen LogP contribution is 2.25. The summed E-state index contributed by atoms with van der Waals surface area (Å²) in [6.45, 7) is 5.03. The van der Waals surface area contributed by atoms with Gasteiger partial charge in [-0.2, -0.15) is 0 Å². The van der Waals surface area contributed by atoms with Crippen molar-refractivity contribution in [3.63, 3.8) is 0 Å². The van der Waals surface area contributed by atoms with Crippen LogP contribution in [0.25, 0.3) is 0 Å². The van der Waals surface area contributed by atoms with Crippen molar-refractivity contribution in [3.05, 3.63) is 29.3 Å². The Balaban J connectivity index is 2.01. The first-order chi connectivity index (χ1) is 9.61. The third kappa shape index (κ3) is 3.51. The summed E-state index contributed by atoms with van der Waals surface area (Å²) in [6, 6.07) is 5.36. The molecule has 0 bridgehead atoms. The molecular weight excluding hydrogens is 252 g/mol. The minimum absolute atomic E-state index is 0.267. The number of hydrogen-bond acceptors (Lipinski definition) is 3. The molecule has 0 amide bonds. The van der Waals surface area contributed by atoms with Crippen LogP contribution in [-0.4, -0.2) is 29.1 Å². The van der Waals surface area contributed by atoms with Crippen LogP contribution >= 0.6 is 0 Å². The van der Waals surface area contributed by atoms with Gasteiger partial charge in [-0.25, -0.2) is 4.79 Å². The number of likely N-dealkylation sites (tertiary alicyclic amines) is 1. The van der Waals surface area contributed by atoms with E-state index in [4.69, 9.17) is 5.73 Å². The molecule has 1 heterocycles. The highest BCUT2D eigenvalue weighted by Gasteiger charge is 2.21. The van der Waals surface area contributed by atoms with Gasteiger partial charge in [-0.05, 0) is 43.5 Å². The molecule has 3 N–H and O–H groups in total. The number of nitrogens with two attached hydrogens (primary N) is 1. The van der Waals surface area contributed by atoms with Gasteiger partial charge in [0, 0.05) is 12.2 Å². The Morgan fingerprint density at radius 1 is 1.40 bits per heavy atom. The summed E-state index contributed by atoms with van der Waals surface area (Å²) in [5.74, 6) is -0.0880. The Hall–Kier alpha value is -1.55. The molecule has 1 aliphatic rings. The van der Waals surface area contributed by atoms with E-state index in [2.05, 4.69) is 11.8 Å². The minimum Gasteiger partial charge on any atom is -0.478 e. The van der Waals surface area contributed by atoms with E-state index in [0.717, 1.165) is 24.6 Å². The fraction of sp³-hybridized carbons (Fsp3) is 0.562. The number of nitrogen functional groups attached to an aromatic ring is 1. The Labute approximate surface area is 120 Å². The van der Waals surface area contributed by atoms with Gasteiger partial charge in [0.2, 0.25) is 0 Å². The second kappa shape index (κ2) is 6.75. The van der Waals surface area contributed by atoms with Crippen LogP contribution < -0.4 is 5.73 Å². The first-order valence-corrected chi connectivity index (χ1v) is 7.44. The molecule has 1 aromatic rings. The number of piperidine rings is 1. The summed E-state index contributed by atoms with van der Waals surface area (Å²) < 4.78 is 0. The van der Waals surface area contributed by atoms with E-state index in [1.807, 2.05) is 12.1 Å². The predicted octanol–water partition coefficient (Wildman–Crippen LogP) is 2.98. The van der Waals surface area contributed by atoms with Crippen molar-refractivity contribution >= 4 is 11.7 Å². The summed E-state index contributed by atoms with van der Waals surface area (Å²) in [6.07, 6.45) is 5.01. The van der Waals surface area contributed by atoms with Gasteiger partial charge >= 0.3 is 5.97 Å². The van der Waals surface area contributed by atoms with E-state index in [0.29, 0.717) is 12.2 Å². The lowest BCUT2D eigenvalue weighted by molar-refractivity contribution is 0.0695. The molecule has 0 saturated carbocycles. The summed E-state index contributed by atoms with van der Waals surface area (Å²) in [7, 11) is 0. The fourth-order valence-electron chi connectivity index (χ4n) is 3.09. The Kier molecular flexibility index (Phi) is 5.01. The SMILES string of the molecule is CCCC1CCN(Cc2cccc(N)c2C(=O)O)CC1. The number of carbonyl (C=O) groups is 1. The second-order valence-corrected chi connectivity index (χ2v) is 5.69. The van der Waals surface area contributed by atoms with E-state index >= 15 is 0 Å². The molecule has 0 atom stereocenters. The number of anilines is 1. The van der Waals surface area contributed by atoms with E-state index in [1.54, 1.807) is 6.07 Å². The third-order valence-corrected chi connectivity index (χ3v) is 4.19. The predicted molar refractivity (Wildman–Crippen MR) is 80.7 cm³/mol. The van der Waals surface area contributed by atoms with Crippen molar-refractivity contribution in [1.29, 1.82) is 0 Å². The average Bonchev–Trinajstić information content (AvgIpc) is 2.41. The number of aromatic carboxylic acids is 1. The fourth-order valence-corrected chi connectivity index (χ4v) is 3.09. The zero-order valence-electron chi connectivity index (χ0n) is 12.1. The van der Waals surface area contributed by atoms with Gasteiger partial charge in [-0.15, -0.1) is 0 Å². The lowest BCUT2D eigenvalue weighted by atomic mass is 9.92. The monoisotopic (exact) mass is 276 g/mol. The molecule has 0 aliphatic carbocycles. The van der Waals surface area contributed by atoms with Gasteiger partial charge in [0.1, 0.15) is 0 Å². The molecule has 20 heavy (non-hydrogen) atoms. The zero-order chi connectivity index (χ0) is 14.5. The highest BCUT2D eigenvalue weighted by atomic mass is 16.4. The molecule has 1 aliphatic heterocycles. The molecule has 0 aromatic heterocycles. The largest absolute Gasteiger partial charge is 0.478 e. The highest BCUT2D eigenvalue weighted by molar-refractivity contribution is 5.95. The van der Waals surface area contributed by atoms with E-state index in [9.17, 15) is 9.90 Å². The molecule has 0 radical (unpaired) electrons. The van der Waals surface area contributed by atoms with Gasteiger partial charge in [0.25, 0.3) is 0 Å². The molecule has 4 heteroatoms. The van der Waals surface area contributed by atoms with Crippen molar-refractivity contribution in [2.75, 3.05) is 18.8 Å². The van der Waals surface area contributed by atoms with Crippen LogP contribution in [0.5, 0.6) is 0 Å². The lowest BCUT2D eigenvalue weighted by Crippen LogP contribution is -2.33. The van der Waals surface area contributed by atoms with Crippen LogP contribution in [-0.2, 0) is 6.54 Å². The Morgan fingerprint density at radius 2 is 2.10 bits per heavy atom. The molecule has 4 nitrogen and oxygen atoms in total. The van der Waals surface area contributed by atoms with Crippen molar-refractivity contribution in [2.45, 2.75) is 39.2 Å². The quantitative estimate of drug-likeness (QED) is 0.811. The van der Waals surface area contributed by atoms with Crippen LogP contribution in [0.15, 0.2) is 18.2 Å². The van der Waals surface area contributed by atoms with Crippen LogP contribution in [0.2, 0.25) is 0 Å². The maximum absolute atomic E-state index is 11.3. The molecule has 110 valence electrons. The number of hydrogen-bond donors (Lipinski definition) is 2. The standard InChI is InChI=1S/C16H24N2O2/c1-2-4-12-7-9-18(10-8-12)11-13-5-3-6-14(17)15(13)16(19)20/h3,5-6,12H,2,4,7-11,17H2,1H3,(H,19,20). The first-order valence-electron chi connectivity index (χ1n) is 7.44. The molecule has 0 unspecified atom stereocenters. The van der Waals surface area contributed by atoms with Crippen LogP contribution in [0, 0.1) is 5.92 Å². The van der Waals surface area contributed by atoms with Crippen LogP contribution in [0.3, 0.4) is 0 Å². The lowest BCUT2D eigenvalue weighted by Gasteiger charge is -2.32. The molecule has 1 saturated heterocycles. The topological polar surface area (TPSA) is 66.6 Å². The van der Waals surface area contributed by atoms with Gasteiger partial charge in [-0.3, -0.25) is 4.90 Å². The van der Waals surface area contributed by atoms with Crippen LogP contribution in [0.1, 0.15) is 48.5 Å². The van der Waals surface area contributed by atoms with Gasteiger partial charge in [0.15, 0.2) is 0 Å². The number of rotatable bonds is 5. The molecule has 2 rings (SSSR count). The normalized spacial score (nSPS) is 17.2. The van der Waals surface area contributed by atoms with E-state index in [1.165, 1.54) is 25.7 Å². The summed E-state index contributed by atoms with van der Waals surface area (Å²) >= 11 is 0. The number of benzene rings is 1. The van der Waals surface area contributed by atoms with Gasteiger partial charge in [-0.1, -0.05) is 31.9 Å². The minimum atomic E-state index is -0.932. The molecule has 0 spiro atoms. The van der Waals surface area contributed by atoms with Crippen molar-refractivity contribution < 1.29 is 9.90 Å². The number of nitrogens with zero attached hydrogens (tertiary/aromatic N) is 1. The van der Waals surface area contributed by atoms with Gasteiger partial charge < -0.3 is 10.8 Å². The van der Waals surface area contributed by atoms with E-state index < -0.39 is 5.97 Å². The first kappa shape index (κ1) is 14.9. The molecule has 1 aromatic carbocycles. The summed E-state index contributed by atoms with van der Waals surface area (Å²) in [4.78, 5) is 13.7. The summed E-state index contributed by atoms with van der Waals surface area (Å²) in [5.41, 5.74) is 7.24. The smallest absolute Gasteiger partial charge is 0.338 e. The number of carboxylic acid groups (broad SMARTS) is 1. The van der Waals surface area contributed by atoms with Crippen LogP contribution in [0.4, 0.5) is 5.69 Å².